The topological polar surface area (TPSA) is 52.7 Å². The minimum atomic E-state index is -0.365. The van der Waals surface area contributed by atoms with Gasteiger partial charge in [-0.3, -0.25) is 14.5 Å². The van der Waals surface area contributed by atoms with Gasteiger partial charge in [0.05, 0.1) is 10.9 Å². The molecule has 1 atom stereocenters. The summed E-state index contributed by atoms with van der Waals surface area (Å²) < 4.78 is 0. The Kier molecular flexibility index (Phi) is 5.66. The van der Waals surface area contributed by atoms with Crippen LogP contribution in [0.15, 0.2) is 71.6 Å². The van der Waals surface area contributed by atoms with Crippen molar-refractivity contribution in [2.75, 3.05) is 31.5 Å². The SMILES string of the molecule is O=C1Nc2ccccc2SC1CC(=O)N1CCN(Cc2cccc3ccccc23)CC1. The molecule has 5 nitrogen and oxygen atoms in total. The third kappa shape index (κ3) is 4.31. The van der Waals surface area contributed by atoms with Crippen molar-refractivity contribution in [1.29, 1.82) is 0 Å². The van der Waals surface area contributed by atoms with Crippen LogP contribution in [0.1, 0.15) is 12.0 Å². The summed E-state index contributed by atoms with van der Waals surface area (Å²) in [6.07, 6.45) is 0.244. The lowest BCUT2D eigenvalue weighted by Gasteiger charge is -2.35. The summed E-state index contributed by atoms with van der Waals surface area (Å²) in [5.74, 6) is -0.0107. The van der Waals surface area contributed by atoms with Gasteiger partial charge in [-0.25, -0.2) is 0 Å². The van der Waals surface area contributed by atoms with Gasteiger partial charge < -0.3 is 10.2 Å². The van der Waals surface area contributed by atoms with Gasteiger partial charge in [0.1, 0.15) is 0 Å². The van der Waals surface area contributed by atoms with Gasteiger partial charge in [-0.15, -0.1) is 11.8 Å². The molecule has 0 spiro atoms. The summed E-state index contributed by atoms with van der Waals surface area (Å²) in [5.41, 5.74) is 2.16. The molecule has 158 valence electrons. The third-order valence-corrected chi connectivity index (χ3v) is 7.34. The Morgan fingerprint density at radius 2 is 1.68 bits per heavy atom. The fourth-order valence-corrected chi connectivity index (χ4v) is 5.44. The van der Waals surface area contributed by atoms with Crippen molar-refractivity contribution in [1.82, 2.24) is 9.80 Å². The van der Waals surface area contributed by atoms with Crippen LogP contribution in [0, 0.1) is 0 Å². The van der Waals surface area contributed by atoms with E-state index in [4.69, 9.17) is 0 Å². The minimum Gasteiger partial charge on any atom is -0.340 e. The van der Waals surface area contributed by atoms with Gasteiger partial charge in [-0.05, 0) is 28.5 Å². The summed E-state index contributed by atoms with van der Waals surface area (Å²) in [7, 11) is 0. The maximum Gasteiger partial charge on any atom is 0.238 e. The van der Waals surface area contributed by atoms with Gasteiger partial charge in [0.25, 0.3) is 0 Å². The van der Waals surface area contributed by atoms with Crippen molar-refractivity contribution in [3.8, 4) is 0 Å². The predicted molar refractivity (Wildman–Crippen MR) is 125 cm³/mol. The van der Waals surface area contributed by atoms with Crippen molar-refractivity contribution in [2.45, 2.75) is 23.1 Å². The molecule has 3 aromatic rings. The predicted octanol–water partition coefficient (Wildman–Crippen LogP) is 3.99. The molecule has 0 aromatic heterocycles. The van der Waals surface area contributed by atoms with Crippen LogP contribution in [-0.2, 0) is 16.1 Å². The van der Waals surface area contributed by atoms with Crippen molar-refractivity contribution in [2.24, 2.45) is 0 Å². The van der Waals surface area contributed by atoms with Gasteiger partial charge >= 0.3 is 0 Å². The third-order valence-electron chi connectivity index (χ3n) is 6.07. The quantitative estimate of drug-likeness (QED) is 0.679. The van der Waals surface area contributed by atoms with E-state index in [1.807, 2.05) is 29.2 Å². The first-order chi connectivity index (χ1) is 15.2. The van der Waals surface area contributed by atoms with Gasteiger partial charge in [0.2, 0.25) is 11.8 Å². The second-order valence-electron chi connectivity index (χ2n) is 8.09. The number of fused-ring (bicyclic) bond motifs is 2. The highest BCUT2D eigenvalue weighted by molar-refractivity contribution is 8.01. The number of thioether (sulfide) groups is 1. The highest BCUT2D eigenvalue weighted by Gasteiger charge is 2.31. The number of para-hydroxylation sites is 1. The molecule has 31 heavy (non-hydrogen) atoms. The molecular weight excluding hydrogens is 406 g/mol. The van der Waals surface area contributed by atoms with Crippen LogP contribution in [0.5, 0.6) is 0 Å². The zero-order valence-corrected chi connectivity index (χ0v) is 18.1. The molecule has 0 aliphatic carbocycles. The van der Waals surface area contributed by atoms with Gasteiger partial charge in [0, 0.05) is 44.0 Å². The van der Waals surface area contributed by atoms with Gasteiger partial charge in [0.15, 0.2) is 0 Å². The number of rotatable bonds is 4. The van der Waals surface area contributed by atoms with E-state index in [0.29, 0.717) is 13.1 Å². The first kappa shape index (κ1) is 20.1. The van der Waals surface area contributed by atoms with E-state index in [0.717, 1.165) is 30.2 Å². The number of carbonyl (C=O) groups excluding carboxylic acids is 2. The molecule has 0 bridgehead atoms. The number of amides is 2. The summed E-state index contributed by atoms with van der Waals surface area (Å²) in [6.45, 7) is 4.00. The Morgan fingerprint density at radius 3 is 2.55 bits per heavy atom. The van der Waals surface area contributed by atoms with Crippen LogP contribution in [0.4, 0.5) is 5.69 Å². The fraction of sp³-hybridized carbons (Fsp3) is 0.280. The molecule has 6 heteroatoms. The Labute approximate surface area is 186 Å². The van der Waals surface area contributed by atoms with E-state index in [-0.39, 0.29) is 23.5 Å². The lowest BCUT2D eigenvalue weighted by molar-refractivity contribution is -0.134. The molecule has 2 amide bonds. The average molecular weight is 432 g/mol. The highest BCUT2D eigenvalue weighted by Crippen LogP contribution is 2.36. The van der Waals surface area contributed by atoms with Crippen molar-refractivity contribution < 1.29 is 9.59 Å². The van der Waals surface area contributed by atoms with Crippen molar-refractivity contribution in [3.63, 3.8) is 0 Å². The Morgan fingerprint density at radius 1 is 0.935 bits per heavy atom. The van der Waals surface area contributed by atoms with E-state index < -0.39 is 0 Å². The summed E-state index contributed by atoms with van der Waals surface area (Å²) >= 11 is 1.49. The maximum absolute atomic E-state index is 12.9. The molecule has 1 N–H and O–H groups in total. The van der Waals surface area contributed by atoms with E-state index in [2.05, 4.69) is 52.7 Å². The van der Waals surface area contributed by atoms with Gasteiger partial charge in [-0.1, -0.05) is 54.6 Å². The lowest BCUT2D eigenvalue weighted by Crippen LogP contribution is -2.49. The standard InChI is InChI=1S/C25H25N3O2S/c29-24(16-23-25(30)26-21-10-3-4-11-22(21)31-23)28-14-12-27(13-15-28)17-19-8-5-7-18-6-1-2-9-20(18)19/h1-11,23H,12-17H2,(H,26,30). The van der Waals surface area contributed by atoms with E-state index in [9.17, 15) is 9.59 Å². The number of piperazine rings is 1. The largest absolute Gasteiger partial charge is 0.340 e. The number of nitrogens with zero attached hydrogens (tertiary/aromatic N) is 2. The smallest absolute Gasteiger partial charge is 0.238 e. The number of hydrogen-bond donors (Lipinski definition) is 1. The molecule has 2 aliphatic rings. The van der Waals surface area contributed by atoms with Crippen LogP contribution in [0.2, 0.25) is 0 Å². The van der Waals surface area contributed by atoms with Crippen molar-refractivity contribution >= 4 is 40.0 Å². The van der Waals surface area contributed by atoms with Gasteiger partial charge in [-0.2, -0.15) is 0 Å². The lowest BCUT2D eigenvalue weighted by atomic mass is 10.0. The molecule has 0 saturated carbocycles. The summed E-state index contributed by atoms with van der Waals surface area (Å²) in [5, 5.41) is 5.12. The summed E-state index contributed by atoms with van der Waals surface area (Å²) in [6, 6.07) is 22.7. The zero-order chi connectivity index (χ0) is 21.2. The average Bonchev–Trinajstić information content (AvgIpc) is 2.80. The fourth-order valence-electron chi connectivity index (χ4n) is 4.34. The Balaban J connectivity index is 1.17. The zero-order valence-electron chi connectivity index (χ0n) is 17.3. The molecule has 3 aromatic carbocycles. The monoisotopic (exact) mass is 431 g/mol. The van der Waals surface area contributed by atoms with Crippen LogP contribution in [0.3, 0.4) is 0 Å². The van der Waals surface area contributed by atoms with Crippen LogP contribution < -0.4 is 5.32 Å². The van der Waals surface area contributed by atoms with Crippen LogP contribution in [0.25, 0.3) is 10.8 Å². The van der Waals surface area contributed by atoms with E-state index in [1.54, 1.807) is 0 Å². The minimum absolute atomic E-state index is 0.0665. The Bertz CT molecular complexity index is 1120. The Hall–Kier alpha value is -2.83. The molecule has 2 aliphatic heterocycles. The van der Waals surface area contributed by atoms with Crippen molar-refractivity contribution in [3.05, 3.63) is 72.3 Å². The normalized spacial score (nSPS) is 19.2. The molecular formula is C25H25N3O2S. The van der Waals surface area contributed by atoms with E-state index >= 15 is 0 Å². The molecule has 1 fully saturated rings. The number of carbonyl (C=O) groups is 2. The molecule has 1 saturated heterocycles. The number of benzene rings is 3. The number of anilines is 1. The first-order valence-electron chi connectivity index (χ1n) is 10.7. The second kappa shape index (κ2) is 8.73. The molecule has 5 rings (SSSR count). The first-order valence-corrected chi connectivity index (χ1v) is 11.6. The number of hydrogen-bond acceptors (Lipinski definition) is 4. The van der Waals surface area contributed by atoms with Crippen LogP contribution in [-0.4, -0.2) is 53.0 Å². The molecule has 1 unspecified atom stereocenters. The highest BCUT2D eigenvalue weighted by atomic mass is 32.2. The summed E-state index contributed by atoms with van der Waals surface area (Å²) in [4.78, 5) is 30.6. The van der Waals surface area contributed by atoms with E-state index in [1.165, 1.54) is 28.1 Å². The second-order valence-corrected chi connectivity index (χ2v) is 9.34. The maximum atomic E-state index is 12.9. The van der Waals surface area contributed by atoms with Crippen LogP contribution >= 0.6 is 11.8 Å². The molecule has 2 heterocycles. The number of nitrogens with one attached hydrogen (secondary N) is 1. The molecule has 0 radical (unpaired) electrons.